The van der Waals surface area contributed by atoms with Crippen LogP contribution in [0.5, 0.6) is 0 Å². The molecule has 4 aromatic rings. The third-order valence-electron chi connectivity index (χ3n) is 4.65. The Hall–Kier alpha value is -2.19. The minimum absolute atomic E-state index is 0.581. The SMILES string of the molecule is Cn1c(-c2ccccc2)c(-c2ccccc2)n(C)[c]1=[Pt].NCc1ccc(Cl)cc1. The van der Waals surface area contributed by atoms with E-state index < -0.39 is 0 Å². The second kappa shape index (κ2) is 10.0. The van der Waals surface area contributed by atoms with Crippen molar-refractivity contribution in [1.29, 1.82) is 0 Å². The van der Waals surface area contributed by atoms with E-state index in [9.17, 15) is 0 Å². The van der Waals surface area contributed by atoms with Crippen LogP contribution in [0.15, 0.2) is 84.9 Å². The largest absolute Gasteiger partial charge is 0.326 e. The molecule has 0 aliphatic heterocycles. The molecule has 0 spiro atoms. The fraction of sp³-hybridized carbons (Fsp3) is 0.125. The number of benzene rings is 3. The van der Waals surface area contributed by atoms with Gasteiger partial charge < -0.3 is 5.73 Å². The first-order chi connectivity index (χ1) is 14.0. The van der Waals surface area contributed by atoms with Crippen molar-refractivity contribution in [3.8, 4) is 22.5 Å². The van der Waals surface area contributed by atoms with Crippen LogP contribution < -0.4 is 5.73 Å². The molecule has 1 aromatic heterocycles. The molecule has 0 amide bonds. The van der Waals surface area contributed by atoms with Gasteiger partial charge >= 0.3 is 130 Å². The van der Waals surface area contributed by atoms with E-state index in [0.717, 1.165) is 10.6 Å². The molecular weight excluding hydrogens is 561 g/mol. The van der Waals surface area contributed by atoms with Gasteiger partial charge in [0.2, 0.25) is 0 Å². The van der Waals surface area contributed by atoms with Gasteiger partial charge in [0.15, 0.2) is 0 Å². The fourth-order valence-electron chi connectivity index (χ4n) is 3.19. The van der Waals surface area contributed by atoms with Crippen LogP contribution in [-0.2, 0) is 40.0 Å². The summed E-state index contributed by atoms with van der Waals surface area (Å²) in [6, 6.07) is 28.6. The first-order valence-corrected chi connectivity index (χ1v) is 10.8. The molecule has 152 valence electrons. The minimum atomic E-state index is 0.581. The van der Waals surface area contributed by atoms with Crippen LogP contribution in [0.3, 0.4) is 0 Å². The van der Waals surface area contributed by atoms with Crippen molar-refractivity contribution in [2.45, 2.75) is 6.54 Å². The second-order valence-electron chi connectivity index (χ2n) is 6.62. The normalized spacial score (nSPS) is 10.4. The smallest absolute Gasteiger partial charge is 0.0406 e. The zero-order chi connectivity index (χ0) is 20.8. The van der Waals surface area contributed by atoms with Gasteiger partial charge in [-0.25, -0.2) is 0 Å². The van der Waals surface area contributed by atoms with Gasteiger partial charge in [0.1, 0.15) is 0 Å². The van der Waals surface area contributed by atoms with Crippen LogP contribution in [0.25, 0.3) is 22.5 Å². The fourth-order valence-corrected chi connectivity index (χ4v) is 3.82. The van der Waals surface area contributed by atoms with Crippen molar-refractivity contribution in [1.82, 2.24) is 9.13 Å². The third kappa shape index (κ3) is 5.05. The molecule has 2 N–H and O–H groups in total. The molecule has 1 heterocycles. The van der Waals surface area contributed by atoms with Crippen LogP contribution >= 0.6 is 11.6 Å². The van der Waals surface area contributed by atoms with Crippen LogP contribution in [0.1, 0.15) is 5.56 Å². The summed E-state index contributed by atoms with van der Waals surface area (Å²) < 4.78 is 5.71. The molecule has 3 aromatic carbocycles. The number of halogens is 1. The van der Waals surface area contributed by atoms with E-state index in [0.29, 0.717) is 6.54 Å². The van der Waals surface area contributed by atoms with Gasteiger partial charge in [-0.2, -0.15) is 0 Å². The van der Waals surface area contributed by atoms with Gasteiger partial charge in [-0.05, 0) is 17.7 Å². The summed E-state index contributed by atoms with van der Waals surface area (Å²) in [7, 11) is 4.24. The Bertz CT molecular complexity index is 1050. The van der Waals surface area contributed by atoms with E-state index in [2.05, 4.69) is 103 Å². The molecule has 0 saturated carbocycles. The van der Waals surface area contributed by atoms with Crippen molar-refractivity contribution in [2.75, 3.05) is 0 Å². The van der Waals surface area contributed by atoms with Crippen molar-refractivity contribution >= 4 is 11.6 Å². The minimum Gasteiger partial charge on any atom is -0.326 e. The zero-order valence-electron chi connectivity index (χ0n) is 16.5. The molecule has 0 aliphatic rings. The maximum absolute atomic E-state index is 5.63. The van der Waals surface area contributed by atoms with Gasteiger partial charge in [0, 0.05) is 11.6 Å². The number of nitrogens with zero attached hydrogens (tertiary/aromatic N) is 2. The number of aromatic nitrogens is 2. The average Bonchev–Trinajstić information content (AvgIpc) is 3.00. The average molecular weight is 585 g/mol. The Balaban J connectivity index is 0.000000224. The summed E-state index contributed by atoms with van der Waals surface area (Å²) in [6.45, 7) is 0.581. The van der Waals surface area contributed by atoms with Crippen LogP contribution in [-0.4, -0.2) is 9.13 Å². The van der Waals surface area contributed by atoms with Crippen molar-refractivity contribution in [3.63, 3.8) is 0 Å². The maximum atomic E-state index is 5.63. The van der Waals surface area contributed by atoms with E-state index in [1.807, 2.05) is 24.3 Å². The molecule has 0 atom stereocenters. The summed E-state index contributed by atoms with van der Waals surface area (Å²) in [5, 5.41) is 0.757. The third-order valence-corrected chi connectivity index (χ3v) is 6.43. The number of nitrogens with two attached hydrogens (primary N) is 1. The Morgan fingerprint density at radius 1 is 0.724 bits per heavy atom. The molecule has 0 unspecified atom stereocenters. The summed E-state index contributed by atoms with van der Waals surface area (Å²) in [6.07, 6.45) is 0. The second-order valence-corrected chi connectivity index (χ2v) is 8.07. The van der Waals surface area contributed by atoms with E-state index in [1.54, 1.807) is 0 Å². The number of imidazole rings is 1. The predicted molar refractivity (Wildman–Crippen MR) is 118 cm³/mol. The van der Waals surface area contributed by atoms with Gasteiger partial charge in [-0.15, -0.1) is 0 Å². The molecular formula is C24H24ClN3Pt. The van der Waals surface area contributed by atoms with E-state index in [-0.39, 0.29) is 0 Å². The van der Waals surface area contributed by atoms with Crippen LogP contribution in [0.2, 0.25) is 5.02 Å². The molecule has 0 fully saturated rings. The molecule has 3 nitrogen and oxygen atoms in total. The first kappa shape index (κ1) is 21.5. The Kier molecular flexibility index (Phi) is 7.44. The summed E-state index contributed by atoms with van der Waals surface area (Å²) in [4.78, 5) is 0. The van der Waals surface area contributed by atoms with E-state index >= 15 is 0 Å². The van der Waals surface area contributed by atoms with Gasteiger partial charge in [0.05, 0.1) is 0 Å². The molecule has 0 aliphatic carbocycles. The van der Waals surface area contributed by atoms with Crippen molar-refractivity contribution in [2.24, 2.45) is 19.8 Å². The zero-order valence-corrected chi connectivity index (χ0v) is 19.5. The van der Waals surface area contributed by atoms with Crippen LogP contribution in [0.4, 0.5) is 0 Å². The first-order valence-electron chi connectivity index (χ1n) is 9.29. The Labute approximate surface area is 187 Å². The number of rotatable bonds is 3. The molecule has 29 heavy (non-hydrogen) atoms. The standard InChI is InChI=1S/C17H16N2.C7H8ClN.Pt/c1-18-13-19(2)17(15-11-7-4-8-12-15)16(18)14-9-5-3-6-10-14;8-7-3-1-6(5-9)2-4-7;/h3-12H,1-2H3;1-4H,5,9H2;. The van der Waals surface area contributed by atoms with Crippen molar-refractivity contribution in [3.05, 3.63) is 99.3 Å². The Morgan fingerprint density at radius 3 is 1.52 bits per heavy atom. The molecule has 0 bridgehead atoms. The topological polar surface area (TPSA) is 35.9 Å². The monoisotopic (exact) mass is 584 g/mol. The summed E-state index contributed by atoms with van der Waals surface area (Å²) in [5.41, 5.74) is 11.5. The molecule has 0 radical (unpaired) electrons. The van der Waals surface area contributed by atoms with E-state index in [4.69, 9.17) is 17.3 Å². The van der Waals surface area contributed by atoms with Gasteiger partial charge in [0.25, 0.3) is 0 Å². The predicted octanol–water partition coefficient (Wildman–Crippen LogP) is 5.58. The van der Waals surface area contributed by atoms with E-state index in [1.165, 1.54) is 26.3 Å². The Morgan fingerprint density at radius 2 is 1.14 bits per heavy atom. The number of hydrogen-bond acceptors (Lipinski definition) is 1. The molecule has 4 rings (SSSR count). The maximum Gasteiger partial charge on any atom is 0.0406 e. The number of hydrogen-bond donors (Lipinski definition) is 1. The quantitative estimate of drug-likeness (QED) is 0.336. The van der Waals surface area contributed by atoms with Gasteiger partial charge in [-0.1, -0.05) is 23.7 Å². The van der Waals surface area contributed by atoms with Crippen LogP contribution in [0, 0.1) is 3.80 Å². The summed E-state index contributed by atoms with van der Waals surface area (Å²) in [5.74, 6) is 0. The summed E-state index contributed by atoms with van der Waals surface area (Å²) >= 11 is 8.00. The van der Waals surface area contributed by atoms with Crippen molar-refractivity contribution < 1.29 is 19.4 Å². The molecule has 0 saturated heterocycles. The molecule has 5 heteroatoms. The van der Waals surface area contributed by atoms with Gasteiger partial charge in [-0.3, -0.25) is 0 Å².